The van der Waals surface area contributed by atoms with Crippen LogP contribution in [0.4, 0.5) is 0 Å². The lowest BCUT2D eigenvalue weighted by Crippen LogP contribution is -2.43. The zero-order valence-corrected chi connectivity index (χ0v) is 10.4. The standard InChI is InChI=1S/C15H17NO2/c1-11-9-14(10-11)16-15(18)13-6-4-12(5-7-13)3-2-8-17/h4-7,11,14,17H,8-10H2,1H3,(H,16,18). The van der Waals surface area contributed by atoms with E-state index in [9.17, 15) is 4.79 Å². The van der Waals surface area contributed by atoms with Crippen molar-refractivity contribution in [1.82, 2.24) is 5.32 Å². The molecule has 0 radical (unpaired) electrons. The van der Waals surface area contributed by atoms with E-state index >= 15 is 0 Å². The molecule has 0 spiro atoms. The van der Waals surface area contributed by atoms with Crippen molar-refractivity contribution in [2.24, 2.45) is 5.92 Å². The molecule has 0 bridgehead atoms. The number of aliphatic hydroxyl groups is 1. The molecule has 0 aromatic heterocycles. The minimum absolute atomic E-state index is 0.0198. The molecule has 1 amide bonds. The zero-order valence-electron chi connectivity index (χ0n) is 10.4. The summed E-state index contributed by atoms with van der Waals surface area (Å²) in [5.74, 6) is 6.08. The SMILES string of the molecule is CC1CC(NC(=O)c2ccc(C#CCO)cc2)C1. The van der Waals surface area contributed by atoms with Gasteiger partial charge >= 0.3 is 0 Å². The molecule has 1 aromatic carbocycles. The van der Waals surface area contributed by atoms with E-state index < -0.39 is 0 Å². The normalized spacial score (nSPS) is 21.4. The molecule has 94 valence electrons. The van der Waals surface area contributed by atoms with Crippen LogP contribution in [-0.4, -0.2) is 23.7 Å². The Kier molecular flexibility index (Phi) is 4.01. The highest BCUT2D eigenvalue weighted by Gasteiger charge is 2.26. The Bertz CT molecular complexity index is 475. The van der Waals surface area contributed by atoms with E-state index in [0.29, 0.717) is 11.6 Å². The summed E-state index contributed by atoms with van der Waals surface area (Å²) in [6, 6.07) is 7.45. The van der Waals surface area contributed by atoms with Crippen LogP contribution < -0.4 is 5.32 Å². The second-order valence-corrected chi connectivity index (χ2v) is 4.78. The van der Waals surface area contributed by atoms with Gasteiger partial charge in [-0.15, -0.1) is 0 Å². The van der Waals surface area contributed by atoms with Gasteiger partial charge in [-0.05, 0) is 43.0 Å². The summed E-state index contributed by atoms with van der Waals surface area (Å²) in [4.78, 5) is 11.9. The molecule has 1 aromatic rings. The molecule has 3 nitrogen and oxygen atoms in total. The monoisotopic (exact) mass is 243 g/mol. The quantitative estimate of drug-likeness (QED) is 0.774. The molecule has 2 rings (SSSR count). The Morgan fingerprint density at radius 3 is 2.61 bits per heavy atom. The molecule has 1 saturated carbocycles. The van der Waals surface area contributed by atoms with Gasteiger partial charge in [0.05, 0.1) is 0 Å². The zero-order chi connectivity index (χ0) is 13.0. The van der Waals surface area contributed by atoms with Crippen molar-refractivity contribution < 1.29 is 9.90 Å². The van der Waals surface area contributed by atoms with Gasteiger partial charge in [-0.2, -0.15) is 0 Å². The Morgan fingerprint density at radius 1 is 1.39 bits per heavy atom. The maximum Gasteiger partial charge on any atom is 0.251 e. The molecule has 1 aliphatic rings. The van der Waals surface area contributed by atoms with Crippen molar-refractivity contribution in [1.29, 1.82) is 0 Å². The minimum atomic E-state index is -0.151. The van der Waals surface area contributed by atoms with Crippen molar-refractivity contribution in [3.05, 3.63) is 35.4 Å². The van der Waals surface area contributed by atoms with Gasteiger partial charge in [-0.1, -0.05) is 18.8 Å². The van der Waals surface area contributed by atoms with Gasteiger partial charge in [-0.3, -0.25) is 4.79 Å². The summed E-state index contributed by atoms with van der Waals surface area (Å²) < 4.78 is 0. The second kappa shape index (κ2) is 5.70. The molecule has 3 heteroatoms. The third kappa shape index (κ3) is 3.12. The first-order valence-corrected chi connectivity index (χ1v) is 6.19. The summed E-state index contributed by atoms with van der Waals surface area (Å²) in [7, 11) is 0. The van der Waals surface area contributed by atoms with Gasteiger partial charge < -0.3 is 10.4 Å². The molecule has 0 unspecified atom stereocenters. The lowest BCUT2D eigenvalue weighted by molar-refractivity contribution is 0.0896. The maximum absolute atomic E-state index is 11.9. The van der Waals surface area contributed by atoms with Crippen LogP contribution in [0.3, 0.4) is 0 Å². The highest BCUT2D eigenvalue weighted by molar-refractivity contribution is 5.94. The topological polar surface area (TPSA) is 49.3 Å². The number of aliphatic hydroxyl groups excluding tert-OH is 1. The molecule has 0 saturated heterocycles. The molecular formula is C15H17NO2. The average Bonchev–Trinajstić information content (AvgIpc) is 2.35. The fraction of sp³-hybridized carbons (Fsp3) is 0.400. The summed E-state index contributed by atoms with van der Waals surface area (Å²) in [6.45, 7) is 2.04. The third-order valence-corrected chi connectivity index (χ3v) is 3.17. The first-order chi connectivity index (χ1) is 8.69. The van der Waals surface area contributed by atoms with E-state index in [0.717, 1.165) is 24.3 Å². The van der Waals surface area contributed by atoms with Gasteiger partial charge in [-0.25, -0.2) is 0 Å². The van der Waals surface area contributed by atoms with Crippen LogP contribution in [0.5, 0.6) is 0 Å². The molecule has 2 N–H and O–H groups in total. The van der Waals surface area contributed by atoms with Gasteiger partial charge in [0.15, 0.2) is 0 Å². The van der Waals surface area contributed by atoms with Crippen LogP contribution in [-0.2, 0) is 0 Å². The number of hydrogen-bond donors (Lipinski definition) is 2. The van der Waals surface area contributed by atoms with Crippen LogP contribution in [0, 0.1) is 17.8 Å². The Balaban J connectivity index is 1.94. The van der Waals surface area contributed by atoms with Crippen LogP contribution in [0.2, 0.25) is 0 Å². The summed E-state index contributed by atoms with van der Waals surface area (Å²) >= 11 is 0. The predicted octanol–water partition coefficient (Wildman–Crippen LogP) is 1.56. The van der Waals surface area contributed by atoms with E-state index in [-0.39, 0.29) is 12.5 Å². The van der Waals surface area contributed by atoms with Gasteiger partial charge in [0, 0.05) is 17.2 Å². The van der Waals surface area contributed by atoms with Crippen molar-refractivity contribution in [3.63, 3.8) is 0 Å². The highest BCUT2D eigenvalue weighted by atomic mass is 16.2. The number of nitrogens with one attached hydrogen (secondary N) is 1. The number of benzene rings is 1. The molecule has 1 fully saturated rings. The largest absolute Gasteiger partial charge is 0.384 e. The van der Waals surface area contributed by atoms with E-state index in [2.05, 4.69) is 24.1 Å². The Hall–Kier alpha value is -1.79. The molecule has 0 aliphatic heterocycles. The van der Waals surface area contributed by atoms with Crippen molar-refractivity contribution in [2.75, 3.05) is 6.61 Å². The Labute approximate surface area is 107 Å². The van der Waals surface area contributed by atoms with Gasteiger partial charge in [0.1, 0.15) is 6.61 Å². The van der Waals surface area contributed by atoms with Crippen LogP contribution in [0.25, 0.3) is 0 Å². The number of amides is 1. The maximum atomic E-state index is 11.9. The lowest BCUT2D eigenvalue weighted by atomic mass is 9.82. The summed E-state index contributed by atoms with van der Waals surface area (Å²) in [5, 5.41) is 11.6. The van der Waals surface area contributed by atoms with Gasteiger partial charge in [0.2, 0.25) is 0 Å². The highest BCUT2D eigenvalue weighted by Crippen LogP contribution is 2.26. The number of carbonyl (C=O) groups excluding carboxylic acids is 1. The molecule has 0 atom stereocenters. The lowest BCUT2D eigenvalue weighted by Gasteiger charge is -2.33. The van der Waals surface area contributed by atoms with Gasteiger partial charge in [0.25, 0.3) is 5.91 Å². The summed E-state index contributed by atoms with van der Waals surface area (Å²) in [6.07, 6.45) is 2.15. The predicted molar refractivity (Wildman–Crippen MR) is 70.1 cm³/mol. The van der Waals surface area contributed by atoms with E-state index in [1.165, 1.54) is 0 Å². The molecular weight excluding hydrogens is 226 g/mol. The van der Waals surface area contributed by atoms with Crippen molar-refractivity contribution >= 4 is 5.91 Å². The fourth-order valence-corrected chi connectivity index (χ4v) is 2.14. The molecule has 1 aliphatic carbocycles. The minimum Gasteiger partial charge on any atom is -0.384 e. The first kappa shape index (κ1) is 12.7. The van der Waals surface area contributed by atoms with Crippen LogP contribution in [0.1, 0.15) is 35.7 Å². The average molecular weight is 243 g/mol. The third-order valence-electron chi connectivity index (χ3n) is 3.17. The van der Waals surface area contributed by atoms with Crippen LogP contribution in [0.15, 0.2) is 24.3 Å². The fourth-order valence-electron chi connectivity index (χ4n) is 2.14. The van der Waals surface area contributed by atoms with E-state index in [4.69, 9.17) is 5.11 Å². The molecule has 18 heavy (non-hydrogen) atoms. The second-order valence-electron chi connectivity index (χ2n) is 4.78. The summed E-state index contributed by atoms with van der Waals surface area (Å²) in [5.41, 5.74) is 1.46. The smallest absolute Gasteiger partial charge is 0.251 e. The van der Waals surface area contributed by atoms with E-state index in [1.807, 2.05) is 0 Å². The number of carbonyl (C=O) groups is 1. The number of hydrogen-bond acceptors (Lipinski definition) is 2. The molecule has 0 heterocycles. The first-order valence-electron chi connectivity index (χ1n) is 6.19. The Morgan fingerprint density at radius 2 is 2.06 bits per heavy atom. The van der Waals surface area contributed by atoms with Crippen LogP contribution >= 0.6 is 0 Å². The van der Waals surface area contributed by atoms with E-state index in [1.54, 1.807) is 24.3 Å². The van der Waals surface area contributed by atoms with Crippen molar-refractivity contribution in [3.8, 4) is 11.8 Å². The van der Waals surface area contributed by atoms with Crippen molar-refractivity contribution in [2.45, 2.75) is 25.8 Å². The number of rotatable bonds is 2.